The van der Waals surface area contributed by atoms with Crippen LogP contribution in [0.15, 0.2) is 69.7 Å². The summed E-state index contributed by atoms with van der Waals surface area (Å²) in [5.41, 5.74) is 1.35. The van der Waals surface area contributed by atoms with Gasteiger partial charge in [-0.15, -0.1) is 0 Å². The van der Waals surface area contributed by atoms with Gasteiger partial charge in [-0.3, -0.25) is 4.72 Å². The van der Waals surface area contributed by atoms with Crippen molar-refractivity contribution in [3.63, 3.8) is 0 Å². The standard InChI is InChI=1S/C21H21N5O4S2/c1-4-14-11-20(26-21(24-14)22-13-23-26)31-17-8-5-15(6-9-17)25-32(27,28)19-12-16(29-2)7-10-18(19)30-3/h5-13,25H,4H2,1-3H3. The van der Waals surface area contributed by atoms with E-state index < -0.39 is 10.0 Å². The maximum atomic E-state index is 12.9. The third-order valence-electron chi connectivity index (χ3n) is 4.62. The fraction of sp³-hybridized carbons (Fsp3) is 0.190. The molecule has 0 spiro atoms. The van der Waals surface area contributed by atoms with Crippen molar-refractivity contribution >= 4 is 33.3 Å². The molecule has 0 radical (unpaired) electrons. The van der Waals surface area contributed by atoms with Gasteiger partial charge in [-0.1, -0.05) is 18.7 Å². The molecule has 0 bridgehead atoms. The van der Waals surface area contributed by atoms with Crippen molar-refractivity contribution in [2.24, 2.45) is 0 Å². The summed E-state index contributed by atoms with van der Waals surface area (Å²) >= 11 is 1.49. The minimum Gasteiger partial charge on any atom is -0.497 e. The molecule has 32 heavy (non-hydrogen) atoms. The third-order valence-corrected chi connectivity index (χ3v) is 7.03. The van der Waals surface area contributed by atoms with Gasteiger partial charge in [0.05, 0.1) is 14.2 Å². The molecule has 0 atom stereocenters. The summed E-state index contributed by atoms with van der Waals surface area (Å²) in [4.78, 5) is 9.53. The Hall–Kier alpha value is -3.31. The highest BCUT2D eigenvalue weighted by atomic mass is 32.2. The minimum absolute atomic E-state index is 0.00439. The van der Waals surface area contributed by atoms with Crippen LogP contribution < -0.4 is 14.2 Å². The third kappa shape index (κ3) is 4.48. The van der Waals surface area contributed by atoms with E-state index in [1.165, 1.54) is 38.4 Å². The van der Waals surface area contributed by atoms with Crippen LogP contribution in [0.5, 0.6) is 11.5 Å². The summed E-state index contributed by atoms with van der Waals surface area (Å²) in [6, 6.07) is 13.7. The molecule has 0 amide bonds. The molecule has 4 rings (SSSR count). The number of methoxy groups -OCH3 is 2. The number of aromatic nitrogens is 4. The van der Waals surface area contributed by atoms with E-state index in [-0.39, 0.29) is 10.6 Å². The SMILES string of the molecule is CCc1cc(Sc2ccc(NS(=O)(=O)c3cc(OC)ccc3OC)cc2)n2ncnc2n1. The Bertz CT molecular complexity index is 1350. The molecule has 2 aromatic heterocycles. The first kappa shape index (κ1) is 21.9. The zero-order valence-electron chi connectivity index (χ0n) is 17.6. The van der Waals surface area contributed by atoms with Crippen molar-refractivity contribution in [1.29, 1.82) is 0 Å². The van der Waals surface area contributed by atoms with Crippen LogP contribution in [0.4, 0.5) is 5.69 Å². The largest absolute Gasteiger partial charge is 0.497 e. The zero-order chi connectivity index (χ0) is 22.7. The first-order chi connectivity index (χ1) is 15.4. The van der Waals surface area contributed by atoms with Gasteiger partial charge in [0.1, 0.15) is 27.7 Å². The number of fused-ring (bicyclic) bond motifs is 1. The number of benzene rings is 2. The van der Waals surface area contributed by atoms with Crippen LogP contribution in [0, 0.1) is 0 Å². The van der Waals surface area contributed by atoms with E-state index in [0.717, 1.165) is 22.0 Å². The first-order valence-corrected chi connectivity index (χ1v) is 12.0. The fourth-order valence-corrected chi connectivity index (χ4v) is 5.17. The lowest BCUT2D eigenvalue weighted by atomic mass is 10.3. The summed E-state index contributed by atoms with van der Waals surface area (Å²) < 4.78 is 40.5. The number of hydrogen-bond donors (Lipinski definition) is 1. The normalized spacial score (nSPS) is 11.5. The van der Waals surface area contributed by atoms with Crippen LogP contribution >= 0.6 is 11.8 Å². The molecule has 0 aliphatic rings. The number of nitrogens with zero attached hydrogens (tertiary/aromatic N) is 4. The molecule has 2 aromatic carbocycles. The van der Waals surface area contributed by atoms with Crippen LogP contribution in [-0.4, -0.2) is 42.2 Å². The first-order valence-electron chi connectivity index (χ1n) is 9.66. The van der Waals surface area contributed by atoms with Gasteiger partial charge in [0.15, 0.2) is 0 Å². The second-order valence-electron chi connectivity index (χ2n) is 6.66. The van der Waals surface area contributed by atoms with Crippen LogP contribution in [0.3, 0.4) is 0 Å². The summed E-state index contributed by atoms with van der Waals surface area (Å²) in [6.07, 6.45) is 2.25. The summed E-state index contributed by atoms with van der Waals surface area (Å²) in [7, 11) is -0.991. The molecule has 0 fully saturated rings. The zero-order valence-corrected chi connectivity index (χ0v) is 19.3. The lowest BCUT2D eigenvalue weighted by Gasteiger charge is -2.13. The van der Waals surface area contributed by atoms with Gasteiger partial charge in [-0.25, -0.2) is 13.4 Å². The summed E-state index contributed by atoms with van der Waals surface area (Å²) in [5, 5.41) is 5.10. The van der Waals surface area contributed by atoms with E-state index in [1.54, 1.807) is 28.8 Å². The second-order valence-corrected chi connectivity index (χ2v) is 9.40. The topological polar surface area (TPSA) is 108 Å². The summed E-state index contributed by atoms with van der Waals surface area (Å²) in [5.74, 6) is 1.19. The average Bonchev–Trinajstić information content (AvgIpc) is 3.28. The number of hydrogen-bond acceptors (Lipinski definition) is 8. The average molecular weight is 472 g/mol. The molecule has 0 aliphatic carbocycles. The number of aryl methyl sites for hydroxylation is 1. The van der Waals surface area contributed by atoms with E-state index in [0.29, 0.717) is 17.2 Å². The van der Waals surface area contributed by atoms with Gasteiger partial charge in [-0.05, 0) is 48.9 Å². The molecular formula is C21H21N5O4S2. The molecule has 11 heteroatoms. The summed E-state index contributed by atoms with van der Waals surface area (Å²) in [6.45, 7) is 2.03. The number of anilines is 1. The maximum Gasteiger partial charge on any atom is 0.265 e. The highest BCUT2D eigenvalue weighted by molar-refractivity contribution is 7.99. The lowest BCUT2D eigenvalue weighted by Crippen LogP contribution is -2.14. The lowest BCUT2D eigenvalue weighted by molar-refractivity contribution is 0.392. The molecular weight excluding hydrogens is 450 g/mol. The fourth-order valence-electron chi connectivity index (χ4n) is 3.00. The Morgan fingerprint density at radius 1 is 1.06 bits per heavy atom. The highest BCUT2D eigenvalue weighted by Crippen LogP contribution is 2.32. The predicted octanol–water partition coefficient (Wildman–Crippen LogP) is 3.66. The van der Waals surface area contributed by atoms with Crippen LogP contribution in [0.2, 0.25) is 0 Å². The van der Waals surface area contributed by atoms with E-state index in [2.05, 4.69) is 19.8 Å². The number of nitrogens with one attached hydrogen (secondary N) is 1. The maximum absolute atomic E-state index is 12.9. The molecule has 9 nitrogen and oxygen atoms in total. The quantitative estimate of drug-likeness (QED) is 0.388. The van der Waals surface area contributed by atoms with Gasteiger partial charge in [0.25, 0.3) is 15.8 Å². The second kappa shape index (κ2) is 9.05. The molecule has 0 unspecified atom stereocenters. The smallest absolute Gasteiger partial charge is 0.265 e. The van der Waals surface area contributed by atoms with E-state index >= 15 is 0 Å². The van der Waals surface area contributed by atoms with Gasteiger partial charge < -0.3 is 9.47 Å². The monoisotopic (exact) mass is 471 g/mol. The van der Waals surface area contributed by atoms with Crippen molar-refractivity contribution < 1.29 is 17.9 Å². The molecule has 166 valence electrons. The minimum atomic E-state index is -3.88. The van der Waals surface area contributed by atoms with Crippen LogP contribution in [0.1, 0.15) is 12.6 Å². The van der Waals surface area contributed by atoms with Crippen molar-refractivity contribution in [3.05, 3.63) is 60.6 Å². The van der Waals surface area contributed by atoms with Gasteiger partial charge in [-0.2, -0.15) is 14.6 Å². The molecule has 0 saturated carbocycles. The van der Waals surface area contributed by atoms with Crippen LogP contribution in [0.25, 0.3) is 5.78 Å². The Balaban J connectivity index is 1.57. The van der Waals surface area contributed by atoms with Crippen molar-refractivity contribution in [1.82, 2.24) is 19.6 Å². The van der Waals surface area contributed by atoms with E-state index in [9.17, 15) is 8.42 Å². The van der Waals surface area contributed by atoms with E-state index in [1.807, 2.05) is 25.1 Å². The van der Waals surface area contributed by atoms with Crippen molar-refractivity contribution in [3.8, 4) is 11.5 Å². The number of ether oxygens (including phenoxy) is 2. The van der Waals surface area contributed by atoms with Crippen LogP contribution in [-0.2, 0) is 16.4 Å². The Morgan fingerprint density at radius 2 is 1.84 bits per heavy atom. The molecule has 1 N–H and O–H groups in total. The molecule has 2 heterocycles. The number of sulfonamides is 1. The Labute approximate surface area is 189 Å². The highest BCUT2D eigenvalue weighted by Gasteiger charge is 2.21. The Kier molecular flexibility index (Phi) is 6.19. The van der Waals surface area contributed by atoms with Gasteiger partial charge >= 0.3 is 0 Å². The van der Waals surface area contributed by atoms with Crippen molar-refractivity contribution in [2.45, 2.75) is 28.2 Å². The predicted molar refractivity (Wildman–Crippen MR) is 121 cm³/mol. The van der Waals surface area contributed by atoms with Crippen molar-refractivity contribution in [2.75, 3.05) is 18.9 Å². The Morgan fingerprint density at radius 3 is 2.53 bits per heavy atom. The van der Waals surface area contributed by atoms with Gasteiger partial charge in [0.2, 0.25) is 0 Å². The molecule has 4 aromatic rings. The molecule has 0 saturated heterocycles. The van der Waals surface area contributed by atoms with E-state index in [4.69, 9.17) is 9.47 Å². The van der Waals surface area contributed by atoms with Gasteiger partial charge in [0, 0.05) is 22.3 Å². The number of rotatable bonds is 8. The molecule has 0 aliphatic heterocycles.